The second-order valence-corrected chi connectivity index (χ2v) is 4.75. The van der Waals surface area contributed by atoms with E-state index in [0.29, 0.717) is 18.5 Å². The predicted octanol–water partition coefficient (Wildman–Crippen LogP) is 2.40. The lowest BCUT2D eigenvalue weighted by atomic mass is 9.99. The van der Waals surface area contributed by atoms with Gasteiger partial charge in [0.15, 0.2) is 5.78 Å². The largest absolute Gasteiger partial charge is 0.483 e. The first-order chi connectivity index (χ1) is 8.02. The van der Waals surface area contributed by atoms with Gasteiger partial charge in [-0.05, 0) is 44.7 Å². The van der Waals surface area contributed by atoms with Crippen LogP contribution >= 0.6 is 0 Å². The molecule has 1 heterocycles. The van der Waals surface area contributed by atoms with Gasteiger partial charge in [0.05, 0.1) is 0 Å². The van der Waals surface area contributed by atoms with Gasteiger partial charge < -0.3 is 10.5 Å². The van der Waals surface area contributed by atoms with Crippen LogP contribution < -0.4 is 10.5 Å². The highest BCUT2D eigenvalue weighted by molar-refractivity contribution is 5.97. The number of hydrogen-bond acceptors (Lipinski definition) is 3. The minimum absolute atomic E-state index is 0.0773. The normalized spacial score (nSPS) is 16.2. The number of fused-ring (bicyclic) bond motifs is 1. The molecule has 0 aromatic heterocycles. The van der Waals surface area contributed by atoms with Gasteiger partial charge in [0, 0.05) is 17.5 Å². The predicted molar refractivity (Wildman–Crippen MR) is 68.2 cm³/mol. The summed E-state index contributed by atoms with van der Waals surface area (Å²) in [5.41, 5.74) is 6.75. The van der Waals surface area contributed by atoms with Crippen molar-refractivity contribution < 1.29 is 9.53 Å². The molecule has 0 unspecified atom stereocenters. The van der Waals surface area contributed by atoms with Crippen LogP contribution in [0.2, 0.25) is 0 Å². The lowest BCUT2D eigenvalue weighted by Crippen LogP contribution is -2.27. The van der Waals surface area contributed by atoms with Gasteiger partial charge in [-0.15, -0.1) is 0 Å². The monoisotopic (exact) mass is 231 g/mol. The fourth-order valence-corrected chi connectivity index (χ4v) is 1.83. The molecule has 1 aromatic rings. The number of nitrogens with two attached hydrogens (primary N) is 1. The molecule has 0 fully saturated rings. The molecule has 0 amide bonds. The van der Waals surface area contributed by atoms with Crippen molar-refractivity contribution in [3.63, 3.8) is 0 Å². The van der Waals surface area contributed by atoms with Gasteiger partial charge in [-0.1, -0.05) is 6.08 Å². The zero-order chi connectivity index (χ0) is 12.5. The summed E-state index contributed by atoms with van der Waals surface area (Å²) >= 11 is 0. The molecule has 2 N–H and O–H groups in total. The first-order valence-corrected chi connectivity index (χ1v) is 5.77. The summed E-state index contributed by atoms with van der Waals surface area (Å²) in [6, 6.07) is 5.51. The Balaban J connectivity index is 2.30. The molecule has 2 rings (SSSR count). The van der Waals surface area contributed by atoms with Gasteiger partial charge in [0.2, 0.25) is 0 Å². The van der Waals surface area contributed by atoms with Crippen LogP contribution in [0.4, 0.5) is 0 Å². The maximum atomic E-state index is 11.7. The van der Waals surface area contributed by atoms with Gasteiger partial charge in [0.25, 0.3) is 0 Å². The average Bonchev–Trinajstić information content (AvgIpc) is 2.27. The number of rotatable bonds is 3. The maximum Gasteiger partial charge on any atom is 0.164 e. The fraction of sp³-hybridized carbons (Fsp3) is 0.357. The van der Waals surface area contributed by atoms with E-state index in [1.54, 1.807) is 6.07 Å². The van der Waals surface area contributed by atoms with Crippen LogP contribution in [0.5, 0.6) is 5.75 Å². The molecule has 0 saturated carbocycles. The molecule has 0 bridgehead atoms. The minimum atomic E-state index is -0.282. The SMILES string of the molecule is CC1(C)C=Cc2cc(C(=O)CCN)ccc2O1. The molecular formula is C14H17NO2. The molecule has 0 aliphatic carbocycles. The average molecular weight is 231 g/mol. The summed E-state index contributed by atoms with van der Waals surface area (Å²) in [4.78, 5) is 11.7. The summed E-state index contributed by atoms with van der Waals surface area (Å²) in [7, 11) is 0. The highest BCUT2D eigenvalue weighted by Gasteiger charge is 2.21. The van der Waals surface area contributed by atoms with Crippen molar-refractivity contribution in [3.05, 3.63) is 35.4 Å². The van der Waals surface area contributed by atoms with E-state index < -0.39 is 0 Å². The van der Waals surface area contributed by atoms with E-state index in [0.717, 1.165) is 11.3 Å². The van der Waals surface area contributed by atoms with Crippen molar-refractivity contribution in [1.29, 1.82) is 0 Å². The number of ether oxygens (including phenoxy) is 1. The zero-order valence-electron chi connectivity index (χ0n) is 10.2. The third-order valence-electron chi connectivity index (χ3n) is 2.74. The summed E-state index contributed by atoms with van der Waals surface area (Å²) < 4.78 is 5.79. The number of Topliss-reactive ketones (excluding diaryl/α,β-unsaturated/α-hetero) is 1. The van der Waals surface area contributed by atoms with Gasteiger partial charge in [-0.2, -0.15) is 0 Å². The zero-order valence-corrected chi connectivity index (χ0v) is 10.2. The van der Waals surface area contributed by atoms with Gasteiger partial charge in [-0.25, -0.2) is 0 Å². The van der Waals surface area contributed by atoms with Crippen LogP contribution in [0.1, 0.15) is 36.2 Å². The van der Waals surface area contributed by atoms with Crippen LogP contribution in [0.15, 0.2) is 24.3 Å². The Morgan fingerprint density at radius 3 is 2.88 bits per heavy atom. The number of carbonyl (C=O) groups is 1. The van der Waals surface area contributed by atoms with E-state index in [9.17, 15) is 4.79 Å². The van der Waals surface area contributed by atoms with E-state index >= 15 is 0 Å². The van der Waals surface area contributed by atoms with E-state index in [4.69, 9.17) is 10.5 Å². The number of ketones is 1. The van der Waals surface area contributed by atoms with Gasteiger partial charge in [0.1, 0.15) is 11.4 Å². The molecule has 1 aromatic carbocycles. The Bertz CT molecular complexity index is 475. The van der Waals surface area contributed by atoms with E-state index in [2.05, 4.69) is 0 Å². The lowest BCUT2D eigenvalue weighted by molar-refractivity contribution is 0.0985. The molecule has 17 heavy (non-hydrogen) atoms. The second kappa shape index (κ2) is 4.34. The van der Waals surface area contributed by atoms with Crippen molar-refractivity contribution in [2.45, 2.75) is 25.9 Å². The molecule has 0 spiro atoms. The van der Waals surface area contributed by atoms with E-state index in [1.165, 1.54) is 0 Å². The van der Waals surface area contributed by atoms with Crippen LogP contribution in [-0.4, -0.2) is 17.9 Å². The van der Waals surface area contributed by atoms with E-state index in [1.807, 2.05) is 38.1 Å². The molecule has 3 heteroatoms. The third kappa shape index (κ3) is 2.56. The molecule has 0 atom stereocenters. The van der Waals surface area contributed by atoms with Crippen LogP contribution in [-0.2, 0) is 0 Å². The summed E-state index contributed by atoms with van der Waals surface area (Å²) in [6.07, 6.45) is 4.37. The fourth-order valence-electron chi connectivity index (χ4n) is 1.83. The summed E-state index contributed by atoms with van der Waals surface area (Å²) in [5, 5.41) is 0. The molecule has 3 nitrogen and oxygen atoms in total. The summed E-state index contributed by atoms with van der Waals surface area (Å²) in [6.45, 7) is 4.38. The molecule has 0 radical (unpaired) electrons. The van der Waals surface area contributed by atoms with Gasteiger partial charge in [-0.3, -0.25) is 4.79 Å². The summed E-state index contributed by atoms with van der Waals surface area (Å²) in [5.74, 6) is 0.898. The molecule has 1 aliphatic rings. The molecule has 1 aliphatic heterocycles. The first kappa shape index (κ1) is 11.9. The number of benzene rings is 1. The van der Waals surface area contributed by atoms with Gasteiger partial charge >= 0.3 is 0 Å². The van der Waals surface area contributed by atoms with Crippen LogP contribution in [0, 0.1) is 0 Å². The second-order valence-electron chi connectivity index (χ2n) is 4.75. The molecule has 90 valence electrons. The number of carbonyl (C=O) groups excluding carboxylic acids is 1. The quantitative estimate of drug-likeness (QED) is 0.813. The lowest BCUT2D eigenvalue weighted by Gasteiger charge is -2.27. The highest BCUT2D eigenvalue weighted by atomic mass is 16.5. The Hall–Kier alpha value is -1.61. The van der Waals surface area contributed by atoms with Crippen molar-refractivity contribution in [2.75, 3.05) is 6.54 Å². The first-order valence-electron chi connectivity index (χ1n) is 5.77. The third-order valence-corrected chi connectivity index (χ3v) is 2.74. The van der Waals surface area contributed by atoms with E-state index in [-0.39, 0.29) is 11.4 Å². The van der Waals surface area contributed by atoms with Crippen LogP contribution in [0.3, 0.4) is 0 Å². The smallest absolute Gasteiger partial charge is 0.164 e. The Morgan fingerprint density at radius 1 is 1.41 bits per heavy atom. The Labute approximate surface area is 101 Å². The standard InChI is InChI=1S/C14H17NO2/c1-14(2)7-5-11-9-10(12(16)6-8-15)3-4-13(11)17-14/h3-5,7,9H,6,8,15H2,1-2H3. The van der Waals surface area contributed by atoms with Crippen molar-refractivity contribution in [3.8, 4) is 5.75 Å². The van der Waals surface area contributed by atoms with Crippen molar-refractivity contribution in [2.24, 2.45) is 5.73 Å². The van der Waals surface area contributed by atoms with Crippen LogP contribution in [0.25, 0.3) is 6.08 Å². The highest BCUT2D eigenvalue weighted by Crippen LogP contribution is 2.31. The molecular weight excluding hydrogens is 214 g/mol. The molecule has 0 saturated heterocycles. The Morgan fingerprint density at radius 2 is 2.18 bits per heavy atom. The maximum absolute atomic E-state index is 11.7. The topological polar surface area (TPSA) is 52.3 Å². The Kier molecular flexibility index (Phi) is 3.03. The number of hydrogen-bond donors (Lipinski definition) is 1. The van der Waals surface area contributed by atoms with Crippen molar-refractivity contribution in [1.82, 2.24) is 0 Å². The van der Waals surface area contributed by atoms with Crippen molar-refractivity contribution >= 4 is 11.9 Å². The minimum Gasteiger partial charge on any atom is -0.483 e.